The van der Waals surface area contributed by atoms with E-state index in [-0.39, 0.29) is 0 Å². The van der Waals surface area contributed by atoms with Crippen molar-refractivity contribution in [3.63, 3.8) is 0 Å². The first-order valence-corrected chi connectivity index (χ1v) is 9.16. The number of hydrogen-bond acceptors (Lipinski definition) is 2. The van der Waals surface area contributed by atoms with E-state index in [1.807, 2.05) is 48.5 Å². The van der Waals surface area contributed by atoms with E-state index >= 15 is 0 Å². The van der Waals surface area contributed by atoms with Gasteiger partial charge in [0.25, 0.3) is 0 Å². The molecule has 0 bridgehead atoms. The molecule has 0 aromatic heterocycles. The summed E-state index contributed by atoms with van der Waals surface area (Å²) in [4.78, 5) is 0. The van der Waals surface area contributed by atoms with Crippen LogP contribution in [0.1, 0.15) is 5.56 Å². The van der Waals surface area contributed by atoms with Crippen LogP contribution in [0.2, 0.25) is 0 Å². The zero-order valence-corrected chi connectivity index (χ0v) is 16.6. The predicted molar refractivity (Wildman–Crippen MR) is 111 cm³/mol. The van der Waals surface area contributed by atoms with Gasteiger partial charge in [0.05, 0.1) is 0 Å². The highest BCUT2D eigenvalue weighted by Gasteiger charge is 1.95. The second-order valence-electron chi connectivity index (χ2n) is 4.71. The van der Waals surface area contributed by atoms with Crippen LogP contribution in [0.5, 0.6) is 11.5 Å². The summed E-state index contributed by atoms with van der Waals surface area (Å²) < 4.78 is 7.92. The molecule has 0 heterocycles. The number of benzene rings is 3. The Morgan fingerprint density at radius 3 is 1.96 bits per heavy atom. The van der Waals surface area contributed by atoms with Crippen molar-refractivity contribution in [1.82, 2.24) is 0 Å². The molecular formula is C19H16I2O2. The summed E-state index contributed by atoms with van der Waals surface area (Å²) in [5, 5.41) is 8.81. The maximum absolute atomic E-state index is 8.81. The van der Waals surface area contributed by atoms with E-state index in [0.717, 1.165) is 9.32 Å². The molecule has 0 saturated carbocycles. The lowest BCUT2D eigenvalue weighted by atomic mass is 10.2. The number of ether oxygens (including phenoxy) is 1. The highest BCUT2D eigenvalue weighted by Crippen LogP contribution is 2.16. The van der Waals surface area contributed by atoms with Gasteiger partial charge in [0.15, 0.2) is 0 Å². The van der Waals surface area contributed by atoms with Gasteiger partial charge in [-0.2, -0.15) is 0 Å². The fourth-order valence-electron chi connectivity index (χ4n) is 1.77. The van der Waals surface area contributed by atoms with Crippen LogP contribution < -0.4 is 4.74 Å². The highest BCUT2D eigenvalue weighted by atomic mass is 127. The summed E-state index contributed by atoms with van der Waals surface area (Å²) in [6, 6.07) is 25.4. The second kappa shape index (κ2) is 9.77. The minimum Gasteiger partial charge on any atom is -0.508 e. The molecule has 0 fully saturated rings. The first-order chi connectivity index (χ1) is 11.1. The molecule has 1 N–H and O–H groups in total. The maximum atomic E-state index is 8.81. The smallest absolute Gasteiger partial charge is 0.120 e. The molecule has 0 aliphatic heterocycles. The van der Waals surface area contributed by atoms with Crippen molar-refractivity contribution in [2.75, 3.05) is 0 Å². The van der Waals surface area contributed by atoms with Crippen molar-refractivity contribution in [2.24, 2.45) is 0 Å². The molecule has 0 atom stereocenters. The zero-order valence-electron chi connectivity index (χ0n) is 12.3. The van der Waals surface area contributed by atoms with Crippen LogP contribution in [0.25, 0.3) is 0 Å². The third-order valence-corrected chi connectivity index (χ3v) is 4.19. The van der Waals surface area contributed by atoms with Crippen LogP contribution in [-0.2, 0) is 6.61 Å². The molecule has 0 spiro atoms. The van der Waals surface area contributed by atoms with Crippen molar-refractivity contribution >= 4 is 45.2 Å². The van der Waals surface area contributed by atoms with Crippen molar-refractivity contribution in [3.05, 3.63) is 91.6 Å². The minimum atomic E-state index is 0.330. The Labute approximate surface area is 163 Å². The third-order valence-electron chi connectivity index (χ3n) is 2.85. The topological polar surface area (TPSA) is 29.5 Å². The summed E-state index contributed by atoms with van der Waals surface area (Å²) in [6.45, 7) is 0.626. The summed E-state index contributed by atoms with van der Waals surface area (Å²) in [5.74, 6) is 1.25. The van der Waals surface area contributed by atoms with Gasteiger partial charge in [0, 0.05) is 7.14 Å². The molecule has 2 nitrogen and oxygen atoms in total. The van der Waals surface area contributed by atoms with Crippen LogP contribution >= 0.6 is 45.2 Å². The summed E-state index contributed by atoms with van der Waals surface area (Å²) in [7, 11) is 0. The normalized spacial score (nSPS) is 9.65. The fourth-order valence-corrected chi connectivity index (χ4v) is 2.82. The van der Waals surface area contributed by atoms with Crippen LogP contribution in [0.4, 0.5) is 0 Å². The predicted octanol–water partition coefficient (Wildman–Crippen LogP) is 5.87. The molecule has 3 aromatic rings. The molecular weight excluding hydrogens is 514 g/mol. The molecule has 23 heavy (non-hydrogen) atoms. The minimum absolute atomic E-state index is 0.330. The summed E-state index contributed by atoms with van der Waals surface area (Å²) in [5.41, 5.74) is 1.19. The van der Waals surface area contributed by atoms with Gasteiger partial charge < -0.3 is 9.84 Å². The Balaban J connectivity index is 0.000000203. The Morgan fingerprint density at radius 2 is 1.39 bits per heavy atom. The molecule has 0 saturated heterocycles. The van der Waals surface area contributed by atoms with Gasteiger partial charge in [-0.15, -0.1) is 0 Å². The summed E-state index contributed by atoms with van der Waals surface area (Å²) in [6.07, 6.45) is 0. The lowest BCUT2D eigenvalue weighted by Gasteiger charge is -2.06. The van der Waals surface area contributed by atoms with Crippen molar-refractivity contribution in [1.29, 1.82) is 0 Å². The van der Waals surface area contributed by atoms with Crippen molar-refractivity contribution in [2.45, 2.75) is 6.61 Å². The van der Waals surface area contributed by atoms with E-state index in [0.29, 0.717) is 12.4 Å². The third kappa shape index (κ3) is 7.22. The molecule has 0 aliphatic carbocycles. The second-order valence-corrected chi connectivity index (χ2v) is 7.20. The lowest BCUT2D eigenvalue weighted by Crippen LogP contribution is -1.94. The molecule has 4 heteroatoms. The van der Waals surface area contributed by atoms with E-state index < -0.39 is 0 Å². The van der Waals surface area contributed by atoms with Crippen molar-refractivity contribution < 1.29 is 9.84 Å². The average molecular weight is 530 g/mol. The molecule has 118 valence electrons. The monoisotopic (exact) mass is 530 g/mol. The van der Waals surface area contributed by atoms with Crippen LogP contribution in [0.3, 0.4) is 0 Å². The number of aromatic hydroxyl groups is 1. The Morgan fingerprint density at radius 1 is 0.739 bits per heavy atom. The van der Waals surface area contributed by atoms with Crippen LogP contribution in [-0.4, -0.2) is 5.11 Å². The molecule has 3 rings (SSSR count). The number of halogens is 2. The number of phenols is 1. The van der Waals surface area contributed by atoms with Crippen molar-refractivity contribution in [3.8, 4) is 11.5 Å². The standard InChI is InChI=1S/C13H11IO.C6H5IO/c14-12-7-4-8-13(9-12)15-10-11-5-2-1-3-6-11;7-5-2-1-3-6(8)4-5/h1-9H,10H2;1-4,8H. The molecule has 0 unspecified atom stereocenters. The quantitative estimate of drug-likeness (QED) is 0.430. The van der Waals surface area contributed by atoms with E-state index in [1.165, 1.54) is 9.13 Å². The largest absolute Gasteiger partial charge is 0.508 e. The van der Waals surface area contributed by atoms with Gasteiger partial charge in [-0.1, -0.05) is 42.5 Å². The summed E-state index contributed by atoms with van der Waals surface area (Å²) >= 11 is 4.43. The number of phenolic OH excluding ortho intramolecular Hbond substituents is 1. The maximum Gasteiger partial charge on any atom is 0.120 e. The molecule has 0 radical (unpaired) electrons. The molecule has 0 aliphatic rings. The van der Waals surface area contributed by atoms with Crippen LogP contribution in [0.15, 0.2) is 78.9 Å². The Kier molecular flexibility index (Phi) is 7.67. The van der Waals surface area contributed by atoms with Gasteiger partial charge in [0.2, 0.25) is 0 Å². The number of rotatable bonds is 3. The van der Waals surface area contributed by atoms with E-state index in [1.54, 1.807) is 12.1 Å². The van der Waals surface area contributed by atoms with Gasteiger partial charge in [-0.3, -0.25) is 0 Å². The van der Waals surface area contributed by atoms with E-state index in [4.69, 9.17) is 9.84 Å². The first kappa shape index (κ1) is 18.1. The average Bonchev–Trinajstić information content (AvgIpc) is 2.54. The fraction of sp³-hybridized carbons (Fsp3) is 0.0526. The van der Waals surface area contributed by atoms with E-state index in [9.17, 15) is 0 Å². The zero-order chi connectivity index (χ0) is 16.5. The molecule has 3 aromatic carbocycles. The number of hydrogen-bond donors (Lipinski definition) is 1. The van der Waals surface area contributed by atoms with E-state index in [2.05, 4.69) is 63.4 Å². The SMILES string of the molecule is Ic1cccc(OCc2ccccc2)c1.Oc1cccc(I)c1. The first-order valence-electron chi connectivity index (χ1n) is 7.00. The Bertz CT molecular complexity index is 713. The van der Waals surface area contributed by atoms with Gasteiger partial charge in [0.1, 0.15) is 18.1 Å². The molecule has 0 amide bonds. The van der Waals surface area contributed by atoms with Gasteiger partial charge >= 0.3 is 0 Å². The van der Waals surface area contributed by atoms with Crippen LogP contribution in [0, 0.1) is 7.14 Å². The van der Waals surface area contributed by atoms with Gasteiger partial charge in [-0.25, -0.2) is 0 Å². The van der Waals surface area contributed by atoms with Gasteiger partial charge in [-0.05, 0) is 87.1 Å². The lowest BCUT2D eigenvalue weighted by molar-refractivity contribution is 0.306. The highest BCUT2D eigenvalue weighted by molar-refractivity contribution is 14.1. The Hall–Kier alpha value is -1.28.